The Bertz CT molecular complexity index is 368. The molecule has 7 nitrogen and oxygen atoms in total. The Hall–Kier alpha value is -1.79. The van der Waals surface area contributed by atoms with Crippen LogP contribution in [-0.4, -0.2) is 53.7 Å². The number of hydrogen-bond acceptors (Lipinski definition) is 4. The van der Waals surface area contributed by atoms with Crippen LogP contribution in [0.25, 0.3) is 0 Å². The highest BCUT2D eigenvalue weighted by atomic mass is 16.5. The number of nitrogens with one attached hydrogen (secondary N) is 1. The number of amides is 2. The van der Waals surface area contributed by atoms with Gasteiger partial charge in [0.05, 0.1) is 7.11 Å². The van der Waals surface area contributed by atoms with Crippen molar-refractivity contribution in [2.24, 2.45) is 5.92 Å². The molecule has 0 heterocycles. The van der Waals surface area contributed by atoms with Crippen LogP contribution in [0.5, 0.6) is 0 Å². The predicted octanol–water partition coefficient (Wildman–Crippen LogP) is 1.47. The second-order valence-corrected chi connectivity index (χ2v) is 5.48. The fourth-order valence-electron chi connectivity index (χ4n) is 1.84. The minimum absolute atomic E-state index is 0.00110. The van der Waals surface area contributed by atoms with E-state index < -0.39 is 18.0 Å². The first-order valence-corrected chi connectivity index (χ1v) is 7.07. The first-order chi connectivity index (χ1) is 9.70. The van der Waals surface area contributed by atoms with Gasteiger partial charge in [-0.25, -0.2) is 9.59 Å². The van der Waals surface area contributed by atoms with E-state index in [4.69, 9.17) is 5.11 Å². The smallest absolute Gasteiger partial charge is 0.328 e. The molecule has 0 aromatic heterocycles. The molecular formula is C14H26N2O5. The Morgan fingerprint density at radius 3 is 2.14 bits per heavy atom. The Balaban J connectivity index is 4.72. The number of aliphatic carboxylic acids is 1. The lowest BCUT2D eigenvalue weighted by atomic mass is 10.1. The van der Waals surface area contributed by atoms with Gasteiger partial charge in [-0.15, -0.1) is 0 Å². The molecule has 0 saturated carbocycles. The zero-order valence-corrected chi connectivity index (χ0v) is 13.4. The molecule has 0 fully saturated rings. The summed E-state index contributed by atoms with van der Waals surface area (Å²) in [7, 11) is 1.27. The topological polar surface area (TPSA) is 95.9 Å². The highest BCUT2D eigenvalue weighted by Crippen LogP contribution is 2.07. The largest absolute Gasteiger partial charge is 0.481 e. The van der Waals surface area contributed by atoms with Gasteiger partial charge in [-0.3, -0.25) is 4.79 Å². The first kappa shape index (κ1) is 19.2. The lowest BCUT2D eigenvalue weighted by Crippen LogP contribution is -2.52. The summed E-state index contributed by atoms with van der Waals surface area (Å²) in [6.07, 6.45) is 0.368. The second-order valence-electron chi connectivity index (χ2n) is 5.48. The van der Waals surface area contributed by atoms with Crippen molar-refractivity contribution in [2.75, 3.05) is 13.7 Å². The normalized spacial score (nSPS) is 12.1. The van der Waals surface area contributed by atoms with Crippen molar-refractivity contribution in [3.05, 3.63) is 0 Å². The van der Waals surface area contributed by atoms with Gasteiger partial charge < -0.3 is 20.1 Å². The molecule has 1 unspecified atom stereocenters. The van der Waals surface area contributed by atoms with Gasteiger partial charge in [0.2, 0.25) is 0 Å². The second kappa shape index (κ2) is 9.20. The van der Waals surface area contributed by atoms with Crippen molar-refractivity contribution in [3.63, 3.8) is 0 Å². The molecule has 21 heavy (non-hydrogen) atoms. The Labute approximate surface area is 125 Å². The van der Waals surface area contributed by atoms with E-state index in [-0.39, 0.29) is 24.4 Å². The number of ether oxygens (including phenoxy) is 1. The van der Waals surface area contributed by atoms with Crippen molar-refractivity contribution in [1.82, 2.24) is 10.2 Å². The number of carboxylic acids is 1. The molecular weight excluding hydrogens is 276 g/mol. The van der Waals surface area contributed by atoms with E-state index in [0.717, 1.165) is 0 Å². The monoisotopic (exact) mass is 302 g/mol. The van der Waals surface area contributed by atoms with Gasteiger partial charge in [0.15, 0.2) is 0 Å². The summed E-state index contributed by atoms with van der Waals surface area (Å²) in [6, 6.07) is -1.20. The molecule has 0 rings (SSSR count). The van der Waals surface area contributed by atoms with Gasteiger partial charge in [-0.2, -0.15) is 0 Å². The number of rotatable bonds is 8. The average molecular weight is 302 g/mol. The summed E-state index contributed by atoms with van der Waals surface area (Å²) >= 11 is 0. The zero-order valence-electron chi connectivity index (χ0n) is 13.4. The molecule has 7 heteroatoms. The van der Waals surface area contributed by atoms with Crippen LogP contribution in [0.2, 0.25) is 0 Å². The summed E-state index contributed by atoms with van der Waals surface area (Å²) in [5.74, 6) is -1.49. The van der Waals surface area contributed by atoms with Crippen molar-refractivity contribution in [2.45, 2.75) is 52.6 Å². The predicted molar refractivity (Wildman–Crippen MR) is 77.9 cm³/mol. The quantitative estimate of drug-likeness (QED) is 0.662. The number of carbonyl (C=O) groups excluding carboxylic acids is 2. The Morgan fingerprint density at radius 2 is 1.76 bits per heavy atom. The van der Waals surface area contributed by atoms with E-state index in [1.807, 2.05) is 27.7 Å². The maximum absolute atomic E-state index is 12.3. The van der Waals surface area contributed by atoms with E-state index in [0.29, 0.717) is 13.0 Å². The molecule has 122 valence electrons. The van der Waals surface area contributed by atoms with Gasteiger partial charge in [0.1, 0.15) is 6.04 Å². The third kappa shape index (κ3) is 6.97. The number of hydrogen-bond donors (Lipinski definition) is 2. The lowest BCUT2D eigenvalue weighted by Gasteiger charge is -2.29. The standard InChI is InChI=1S/C14H26N2O5/c1-9(2)12(13(19)21-5)15-14(20)16(10(3)4)8-6-7-11(17)18/h9-10,12H,6-8H2,1-5H3,(H,15,20)(H,17,18). The van der Waals surface area contributed by atoms with E-state index in [2.05, 4.69) is 10.1 Å². The molecule has 2 N–H and O–H groups in total. The van der Waals surface area contributed by atoms with E-state index in [9.17, 15) is 14.4 Å². The van der Waals surface area contributed by atoms with Gasteiger partial charge in [0, 0.05) is 19.0 Å². The number of esters is 1. The Morgan fingerprint density at radius 1 is 1.19 bits per heavy atom. The first-order valence-electron chi connectivity index (χ1n) is 7.07. The zero-order chi connectivity index (χ0) is 16.6. The molecule has 2 amide bonds. The molecule has 0 radical (unpaired) electrons. The summed E-state index contributed by atoms with van der Waals surface area (Å²) < 4.78 is 4.68. The average Bonchev–Trinajstić information content (AvgIpc) is 2.38. The summed E-state index contributed by atoms with van der Waals surface area (Å²) in [5.41, 5.74) is 0. The van der Waals surface area contributed by atoms with Crippen LogP contribution in [0.1, 0.15) is 40.5 Å². The molecule has 1 atom stereocenters. The number of methoxy groups -OCH3 is 1. The Kier molecular flexibility index (Phi) is 8.42. The van der Waals surface area contributed by atoms with Gasteiger partial charge >= 0.3 is 18.0 Å². The van der Waals surface area contributed by atoms with Gasteiger partial charge in [0.25, 0.3) is 0 Å². The number of carboxylic acid groups (broad SMARTS) is 1. The van der Waals surface area contributed by atoms with Crippen molar-refractivity contribution in [1.29, 1.82) is 0 Å². The summed E-state index contributed by atoms with van der Waals surface area (Å²) in [6.45, 7) is 7.62. The minimum atomic E-state index is -0.895. The fraction of sp³-hybridized carbons (Fsp3) is 0.786. The molecule has 0 aliphatic carbocycles. The minimum Gasteiger partial charge on any atom is -0.481 e. The summed E-state index contributed by atoms with van der Waals surface area (Å²) in [4.78, 5) is 36.0. The number of nitrogens with zero attached hydrogens (tertiary/aromatic N) is 1. The maximum Gasteiger partial charge on any atom is 0.328 e. The van der Waals surface area contributed by atoms with Crippen molar-refractivity contribution >= 4 is 18.0 Å². The van der Waals surface area contributed by atoms with Gasteiger partial charge in [-0.1, -0.05) is 13.8 Å². The van der Waals surface area contributed by atoms with Crippen LogP contribution in [0.3, 0.4) is 0 Å². The van der Waals surface area contributed by atoms with Crippen molar-refractivity contribution in [3.8, 4) is 0 Å². The van der Waals surface area contributed by atoms with E-state index in [1.165, 1.54) is 12.0 Å². The third-order valence-electron chi connectivity index (χ3n) is 3.07. The third-order valence-corrected chi connectivity index (χ3v) is 3.07. The lowest BCUT2D eigenvalue weighted by molar-refractivity contribution is -0.144. The van der Waals surface area contributed by atoms with E-state index >= 15 is 0 Å². The SMILES string of the molecule is COC(=O)C(NC(=O)N(CCCC(=O)O)C(C)C)C(C)C. The van der Waals surface area contributed by atoms with Crippen LogP contribution in [0.15, 0.2) is 0 Å². The van der Waals surface area contributed by atoms with Crippen LogP contribution in [0, 0.1) is 5.92 Å². The van der Waals surface area contributed by atoms with Gasteiger partial charge in [-0.05, 0) is 26.2 Å². The fourth-order valence-corrected chi connectivity index (χ4v) is 1.84. The molecule has 0 spiro atoms. The molecule has 0 aliphatic heterocycles. The van der Waals surface area contributed by atoms with Crippen LogP contribution in [0.4, 0.5) is 4.79 Å². The van der Waals surface area contributed by atoms with Crippen LogP contribution in [-0.2, 0) is 14.3 Å². The van der Waals surface area contributed by atoms with E-state index in [1.54, 1.807) is 0 Å². The molecule has 0 bridgehead atoms. The number of carbonyl (C=O) groups is 3. The molecule has 0 saturated heterocycles. The maximum atomic E-state index is 12.3. The van der Waals surface area contributed by atoms with Crippen LogP contribution < -0.4 is 5.32 Å². The number of urea groups is 1. The highest BCUT2D eigenvalue weighted by Gasteiger charge is 2.27. The molecule has 0 aromatic rings. The van der Waals surface area contributed by atoms with Crippen LogP contribution >= 0.6 is 0 Å². The summed E-state index contributed by atoms with van der Waals surface area (Å²) in [5, 5.41) is 11.3. The van der Waals surface area contributed by atoms with Crippen molar-refractivity contribution < 1.29 is 24.2 Å². The molecule has 0 aliphatic rings. The molecule has 0 aromatic carbocycles. The highest BCUT2D eigenvalue weighted by molar-refractivity contribution is 5.83.